The van der Waals surface area contributed by atoms with Gasteiger partial charge in [0.25, 0.3) is 0 Å². The third kappa shape index (κ3) is 2.59. The summed E-state index contributed by atoms with van der Waals surface area (Å²) < 4.78 is 39.1. The van der Waals surface area contributed by atoms with Crippen LogP contribution in [-0.2, 0) is 0 Å². The molecule has 1 saturated carbocycles. The summed E-state index contributed by atoms with van der Waals surface area (Å²) in [6, 6.07) is 4.92. The predicted molar refractivity (Wildman–Crippen MR) is 71.5 cm³/mol. The van der Waals surface area contributed by atoms with E-state index in [0.29, 0.717) is 12.8 Å². The summed E-state index contributed by atoms with van der Waals surface area (Å²) in [6.07, 6.45) is -0.176. The van der Waals surface area contributed by atoms with Crippen LogP contribution in [-0.4, -0.2) is 22.4 Å². The average Bonchev–Trinajstić information content (AvgIpc) is 2.85. The number of aromatic amines is 1. The maximum atomic E-state index is 13.0. The monoisotopic (exact) mass is 283 g/mol. The highest BCUT2D eigenvalue weighted by molar-refractivity contribution is 5.81. The van der Waals surface area contributed by atoms with E-state index in [-0.39, 0.29) is 6.42 Å². The first-order valence-electron chi connectivity index (χ1n) is 6.80. The van der Waals surface area contributed by atoms with Crippen LogP contribution < -0.4 is 5.32 Å². The van der Waals surface area contributed by atoms with Crippen LogP contribution in [0.2, 0.25) is 0 Å². The van der Waals surface area contributed by atoms with Gasteiger partial charge in [-0.25, -0.2) is 0 Å². The van der Waals surface area contributed by atoms with Gasteiger partial charge in [0.05, 0.1) is 17.6 Å². The molecule has 1 aliphatic carbocycles. The molecule has 0 bridgehead atoms. The van der Waals surface area contributed by atoms with Crippen molar-refractivity contribution in [3.63, 3.8) is 0 Å². The molecule has 20 heavy (non-hydrogen) atoms. The number of anilines is 1. The Hall–Kier alpha value is -1.72. The minimum absolute atomic E-state index is 0.217. The molecule has 3 nitrogen and oxygen atoms in total. The number of H-pyrrole nitrogens is 1. The molecule has 0 amide bonds. The summed E-state index contributed by atoms with van der Waals surface area (Å²) in [6.45, 7) is 0. The van der Waals surface area contributed by atoms with Crippen molar-refractivity contribution >= 4 is 16.6 Å². The normalized spacial score (nSPS) is 23.9. The molecule has 0 radical (unpaired) electrons. The summed E-state index contributed by atoms with van der Waals surface area (Å²) in [7, 11) is 0. The van der Waals surface area contributed by atoms with Gasteiger partial charge in [-0.15, -0.1) is 0 Å². The Kier molecular flexibility index (Phi) is 3.31. The molecule has 0 spiro atoms. The zero-order valence-electron chi connectivity index (χ0n) is 10.9. The Bertz CT molecular complexity index is 591. The van der Waals surface area contributed by atoms with E-state index in [9.17, 15) is 13.2 Å². The number of nitrogens with one attached hydrogen (secondary N) is 2. The first kappa shape index (κ1) is 13.3. The summed E-state index contributed by atoms with van der Waals surface area (Å²) in [5.41, 5.74) is 1.60. The Morgan fingerprint density at radius 2 is 2.00 bits per heavy atom. The van der Waals surface area contributed by atoms with Gasteiger partial charge in [-0.1, -0.05) is 12.8 Å². The molecule has 2 N–H and O–H groups in total. The fraction of sp³-hybridized carbons (Fsp3) is 0.500. The summed E-state index contributed by atoms with van der Waals surface area (Å²) in [5, 5.41) is 10.7. The Balaban J connectivity index is 1.80. The minimum Gasteiger partial charge on any atom is -0.382 e. The Labute approximate surface area is 114 Å². The fourth-order valence-electron chi connectivity index (χ4n) is 2.94. The smallest absolute Gasteiger partial charge is 0.382 e. The SMILES string of the molecule is FC(F)(F)C1CCCCC1Nc1ccc2[nH]ncc2c1. The van der Waals surface area contributed by atoms with Crippen LogP contribution in [0, 0.1) is 5.92 Å². The topological polar surface area (TPSA) is 40.7 Å². The van der Waals surface area contributed by atoms with Crippen molar-refractivity contribution in [2.75, 3.05) is 5.32 Å². The van der Waals surface area contributed by atoms with E-state index in [4.69, 9.17) is 0 Å². The fourth-order valence-corrected chi connectivity index (χ4v) is 2.94. The van der Waals surface area contributed by atoms with E-state index >= 15 is 0 Å². The number of hydrogen-bond donors (Lipinski definition) is 2. The average molecular weight is 283 g/mol. The molecule has 0 saturated heterocycles. The zero-order chi connectivity index (χ0) is 14.2. The van der Waals surface area contributed by atoms with Crippen molar-refractivity contribution in [3.8, 4) is 0 Å². The number of fused-ring (bicyclic) bond motifs is 1. The number of rotatable bonds is 2. The van der Waals surface area contributed by atoms with Crippen molar-refractivity contribution in [1.29, 1.82) is 0 Å². The Morgan fingerprint density at radius 1 is 1.20 bits per heavy atom. The maximum absolute atomic E-state index is 13.0. The second-order valence-electron chi connectivity index (χ2n) is 5.36. The molecule has 2 aromatic rings. The molecular weight excluding hydrogens is 267 g/mol. The second-order valence-corrected chi connectivity index (χ2v) is 5.36. The van der Waals surface area contributed by atoms with E-state index in [1.807, 2.05) is 12.1 Å². The van der Waals surface area contributed by atoms with Gasteiger partial charge in [-0.05, 0) is 31.0 Å². The van der Waals surface area contributed by atoms with Gasteiger partial charge in [-0.2, -0.15) is 18.3 Å². The van der Waals surface area contributed by atoms with E-state index in [0.717, 1.165) is 23.0 Å². The summed E-state index contributed by atoms with van der Waals surface area (Å²) in [5.74, 6) is -1.25. The first-order chi connectivity index (χ1) is 9.54. The van der Waals surface area contributed by atoms with Crippen LogP contribution in [0.15, 0.2) is 24.4 Å². The highest BCUT2D eigenvalue weighted by Gasteiger charge is 2.45. The molecule has 1 aromatic carbocycles. The van der Waals surface area contributed by atoms with Crippen LogP contribution in [0.1, 0.15) is 25.7 Å². The van der Waals surface area contributed by atoms with Gasteiger partial charge in [0.15, 0.2) is 0 Å². The number of halogens is 3. The van der Waals surface area contributed by atoms with Gasteiger partial charge < -0.3 is 5.32 Å². The molecular formula is C14H16F3N3. The van der Waals surface area contributed by atoms with Crippen LogP contribution in [0.3, 0.4) is 0 Å². The van der Waals surface area contributed by atoms with Crippen molar-refractivity contribution in [3.05, 3.63) is 24.4 Å². The van der Waals surface area contributed by atoms with Crippen LogP contribution in [0.4, 0.5) is 18.9 Å². The van der Waals surface area contributed by atoms with Crippen molar-refractivity contribution < 1.29 is 13.2 Å². The first-order valence-corrected chi connectivity index (χ1v) is 6.80. The maximum Gasteiger partial charge on any atom is 0.393 e. The number of benzene rings is 1. The number of nitrogens with zero attached hydrogens (tertiary/aromatic N) is 1. The summed E-state index contributed by atoms with van der Waals surface area (Å²) in [4.78, 5) is 0. The van der Waals surface area contributed by atoms with Gasteiger partial charge in [0, 0.05) is 17.1 Å². The zero-order valence-corrected chi connectivity index (χ0v) is 10.9. The van der Waals surface area contributed by atoms with Gasteiger partial charge in [-0.3, -0.25) is 5.10 Å². The third-order valence-electron chi connectivity index (χ3n) is 3.98. The lowest BCUT2D eigenvalue weighted by atomic mass is 9.84. The molecule has 1 heterocycles. The van der Waals surface area contributed by atoms with Crippen LogP contribution in [0.5, 0.6) is 0 Å². The van der Waals surface area contributed by atoms with E-state index < -0.39 is 18.1 Å². The van der Waals surface area contributed by atoms with Gasteiger partial charge in [0.2, 0.25) is 0 Å². The number of alkyl halides is 3. The molecule has 2 unspecified atom stereocenters. The van der Waals surface area contributed by atoms with E-state index in [1.54, 1.807) is 12.3 Å². The minimum atomic E-state index is -4.13. The lowest BCUT2D eigenvalue weighted by Crippen LogP contribution is -2.41. The molecule has 1 aromatic heterocycles. The van der Waals surface area contributed by atoms with Crippen LogP contribution in [0.25, 0.3) is 10.9 Å². The highest BCUT2D eigenvalue weighted by atomic mass is 19.4. The lowest BCUT2D eigenvalue weighted by Gasteiger charge is -2.34. The largest absolute Gasteiger partial charge is 0.393 e. The van der Waals surface area contributed by atoms with Gasteiger partial charge >= 0.3 is 6.18 Å². The number of hydrogen-bond acceptors (Lipinski definition) is 2. The van der Waals surface area contributed by atoms with Crippen molar-refractivity contribution in [2.24, 2.45) is 5.92 Å². The second kappa shape index (κ2) is 5.00. The lowest BCUT2D eigenvalue weighted by molar-refractivity contribution is -0.184. The van der Waals surface area contributed by atoms with Crippen LogP contribution >= 0.6 is 0 Å². The molecule has 1 fully saturated rings. The molecule has 3 rings (SSSR count). The standard InChI is InChI=1S/C14H16F3N3/c15-14(16,17)11-3-1-2-4-13(11)19-10-5-6-12-9(7-10)8-18-20-12/h5-8,11,13,19H,1-4H2,(H,18,20). The molecule has 2 atom stereocenters. The quantitative estimate of drug-likeness (QED) is 0.871. The molecule has 1 aliphatic rings. The van der Waals surface area contributed by atoms with E-state index in [1.165, 1.54) is 0 Å². The van der Waals surface area contributed by atoms with Crippen molar-refractivity contribution in [2.45, 2.75) is 37.9 Å². The van der Waals surface area contributed by atoms with Gasteiger partial charge in [0.1, 0.15) is 0 Å². The van der Waals surface area contributed by atoms with Crippen molar-refractivity contribution in [1.82, 2.24) is 10.2 Å². The molecule has 108 valence electrons. The molecule has 6 heteroatoms. The summed E-state index contributed by atoms with van der Waals surface area (Å²) >= 11 is 0. The third-order valence-corrected chi connectivity index (χ3v) is 3.98. The van der Waals surface area contributed by atoms with E-state index in [2.05, 4.69) is 15.5 Å². The predicted octanol–water partition coefficient (Wildman–Crippen LogP) is 4.10. The number of aromatic nitrogens is 2. The molecule has 0 aliphatic heterocycles. The Morgan fingerprint density at radius 3 is 2.80 bits per heavy atom. The highest BCUT2D eigenvalue weighted by Crippen LogP contribution is 2.39.